The predicted octanol–water partition coefficient (Wildman–Crippen LogP) is 2.06. The number of piperidine rings is 1. The Kier molecular flexibility index (Phi) is 4.83. The summed E-state index contributed by atoms with van der Waals surface area (Å²) in [6.45, 7) is 5.06. The summed E-state index contributed by atoms with van der Waals surface area (Å²) in [4.78, 5) is 12.2. The summed E-state index contributed by atoms with van der Waals surface area (Å²) >= 11 is 0. The molecule has 2 aliphatic rings. The fourth-order valence-corrected chi connectivity index (χ4v) is 3.22. The second-order valence-electron chi connectivity index (χ2n) is 6.22. The summed E-state index contributed by atoms with van der Waals surface area (Å²) in [7, 11) is 0. The smallest absolute Gasteiger partial charge is 0.231 e. The molecule has 2 unspecified atom stereocenters. The molecule has 1 aromatic carbocycles. The molecule has 2 aliphatic heterocycles. The van der Waals surface area contributed by atoms with E-state index in [-0.39, 0.29) is 12.7 Å². The molecule has 0 saturated carbocycles. The highest BCUT2D eigenvalue weighted by Gasteiger charge is 2.22. The molecule has 1 aromatic rings. The van der Waals surface area contributed by atoms with Crippen LogP contribution in [0.4, 0.5) is 0 Å². The second-order valence-corrected chi connectivity index (χ2v) is 6.22. The maximum atomic E-state index is 12.2. The molecule has 0 spiro atoms. The van der Waals surface area contributed by atoms with Gasteiger partial charge in [-0.1, -0.05) is 19.1 Å². The van der Waals surface area contributed by atoms with Gasteiger partial charge in [-0.25, -0.2) is 0 Å². The highest BCUT2D eigenvalue weighted by atomic mass is 16.7. The molecule has 0 aliphatic carbocycles. The Balaban J connectivity index is 1.49. The van der Waals surface area contributed by atoms with Crippen LogP contribution in [0.15, 0.2) is 18.2 Å². The lowest BCUT2D eigenvalue weighted by atomic mass is 9.85. The molecular formula is C17H24N2O3. The summed E-state index contributed by atoms with van der Waals surface area (Å²) in [6.07, 6.45) is 3.02. The van der Waals surface area contributed by atoms with Gasteiger partial charge in [0.2, 0.25) is 12.7 Å². The third-order valence-electron chi connectivity index (χ3n) is 4.60. The van der Waals surface area contributed by atoms with Crippen LogP contribution in [0.25, 0.3) is 0 Å². The van der Waals surface area contributed by atoms with Crippen molar-refractivity contribution in [2.45, 2.75) is 32.7 Å². The molecule has 2 N–H and O–H groups in total. The zero-order valence-electron chi connectivity index (χ0n) is 13.1. The number of ether oxygens (including phenoxy) is 2. The van der Waals surface area contributed by atoms with E-state index < -0.39 is 0 Å². The lowest BCUT2D eigenvalue weighted by Gasteiger charge is -2.28. The summed E-state index contributed by atoms with van der Waals surface area (Å²) in [5, 5.41) is 6.42. The molecule has 0 aromatic heterocycles. The van der Waals surface area contributed by atoms with Crippen LogP contribution in [0.1, 0.15) is 31.7 Å². The molecule has 5 heteroatoms. The molecule has 120 valence electrons. The van der Waals surface area contributed by atoms with Gasteiger partial charge in [0.1, 0.15) is 0 Å². The lowest BCUT2D eigenvalue weighted by Crippen LogP contribution is -2.35. The maximum Gasteiger partial charge on any atom is 0.231 e. The number of hydrogen-bond donors (Lipinski definition) is 2. The van der Waals surface area contributed by atoms with Crippen LogP contribution >= 0.6 is 0 Å². The Morgan fingerprint density at radius 2 is 2.36 bits per heavy atom. The Morgan fingerprint density at radius 3 is 3.18 bits per heavy atom. The molecule has 22 heavy (non-hydrogen) atoms. The molecule has 1 fully saturated rings. The Bertz CT molecular complexity index is 527. The van der Waals surface area contributed by atoms with Crippen molar-refractivity contribution >= 4 is 5.91 Å². The minimum absolute atomic E-state index is 0.106. The van der Waals surface area contributed by atoms with E-state index in [4.69, 9.17) is 9.47 Å². The average Bonchev–Trinajstić information content (AvgIpc) is 3.03. The van der Waals surface area contributed by atoms with E-state index in [2.05, 4.69) is 17.6 Å². The fourth-order valence-electron chi connectivity index (χ4n) is 3.22. The predicted molar refractivity (Wildman–Crippen MR) is 83.8 cm³/mol. The van der Waals surface area contributed by atoms with E-state index in [0.29, 0.717) is 24.8 Å². The molecule has 0 bridgehead atoms. The highest BCUT2D eigenvalue weighted by molar-refractivity contribution is 5.76. The van der Waals surface area contributed by atoms with Gasteiger partial charge in [-0.05, 0) is 43.8 Å². The van der Waals surface area contributed by atoms with Crippen LogP contribution in [0, 0.1) is 11.8 Å². The molecule has 1 amide bonds. The van der Waals surface area contributed by atoms with E-state index in [1.165, 1.54) is 12.8 Å². The van der Waals surface area contributed by atoms with Crippen molar-refractivity contribution in [2.75, 3.05) is 19.9 Å². The third kappa shape index (κ3) is 3.53. The molecular weight excluding hydrogens is 280 g/mol. The van der Waals surface area contributed by atoms with Gasteiger partial charge < -0.3 is 20.1 Å². The van der Waals surface area contributed by atoms with Gasteiger partial charge in [0.15, 0.2) is 11.5 Å². The number of nitrogens with one attached hydrogen (secondary N) is 2. The largest absolute Gasteiger partial charge is 0.454 e. The first-order chi connectivity index (χ1) is 10.7. The standard InChI is InChI=1S/C17H24N2O3/c1-12(13-5-3-7-18-9-13)8-16(20)19-10-14-4-2-6-15-17(14)22-11-21-15/h2,4,6,12-13,18H,3,5,7-11H2,1H3,(H,19,20). The van der Waals surface area contributed by atoms with Gasteiger partial charge in [0, 0.05) is 18.5 Å². The quantitative estimate of drug-likeness (QED) is 0.874. The van der Waals surface area contributed by atoms with Crippen molar-refractivity contribution in [1.82, 2.24) is 10.6 Å². The van der Waals surface area contributed by atoms with E-state index in [1.807, 2.05) is 18.2 Å². The number of hydrogen-bond acceptors (Lipinski definition) is 4. The maximum absolute atomic E-state index is 12.2. The van der Waals surface area contributed by atoms with Gasteiger partial charge in [-0.2, -0.15) is 0 Å². The summed E-state index contributed by atoms with van der Waals surface area (Å²) in [5.41, 5.74) is 0.968. The van der Waals surface area contributed by atoms with E-state index in [1.54, 1.807) is 0 Å². The number of amides is 1. The molecule has 2 atom stereocenters. The lowest BCUT2D eigenvalue weighted by molar-refractivity contribution is -0.122. The number of fused-ring (bicyclic) bond motifs is 1. The van der Waals surface area contributed by atoms with E-state index >= 15 is 0 Å². The Labute approximate surface area is 131 Å². The van der Waals surface area contributed by atoms with Gasteiger partial charge in [-0.3, -0.25) is 4.79 Å². The number of carbonyl (C=O) groups excluding carboxylic acids is 1. The minimum atomic E-state index is 0.106. The van der Waals surface area contributed by atoms with Gasteiger partial charge in [0.25, 0.3) is 0 Å². The zero-order chi connectivity index (χ0) is 15.4. The first-order valence-corrected chi connectivity index (χ1v) is 8.09. The minimum Gasteiger partial charge on any atom is -0.454 e. The monoisotopic (exact) mass is 304 g/mol. The number of carbonyl (C=O) groups is 1. The first kappa shape index (κ1) is 15.2. The van der Waals surface area contributed by atoms with Crippen molar-refractivity contribution in [3.05, 3.63) is 23.8 Å². The summed E-state index contributed by atoms with van der Waals surface area (Å²) in [6, 6.07) is 5.76. The molecule has 3 rings (SSSR count). The summed E-state index contributed by atoms with van der Waals surface area (Å²) in [5.74, 6) is 2.64. The van der Waals surface area contributed by atoms with Crippen molar-refractivity contribution in [2.24, 2.45) is 11.8 Å². The highest BCUT2D eigenvalue weighted by Crippen LogP contribution is 2.35. The van der Waals surface area contributed by atoms with Crippen molar-refractivity contribution in [1.29, 1.82) is 0 Å². The van der Waals surface area contributed by atoms with Crippen LogP contribution in [0.5, 0.6) is 11.5 Å². The van der Waals surface area contributed by atoms with Crippen molar-refractivity contribution in [3.63, 3.8) is 0 Å². The fraction of sp³-hybridized carbons (Fsp3) is 0.588. The normalized spacial score (nSPS) is 21.4. The molecule has 1 saturated heterocycles. The zero-order valence-corrected chi connectivity index (χ0v) is 13.1. The SMILES string of the molecule is CC(CC(=O)NCc1cccc2c1OCO2)C1CCCNC1. The summed E-state index contributed by atoms with van der Waals surface area (Å²) < 4.78 is 10.8. The van der Waals surface area contributed by atoms with Crippen molar-refractivity contribution in [3.8, 4) is 11.5 Å². The number of para-hydroxylation sites is 1. The topological polar surface area (TPSA) is 59.6 Å². The van der Waals surface area contributed by atoms with Gasteiger partial charge in [-0.15, -0.1) is 0 Å². The Hall–Kier alpha value is -1.75. The van der Waals surface area contributed by atoms with Crippen LogP contribution in [0.2, 0.25) is 0 Å². The first-order valence-electron chi connectivity index (χ1n) is 8.09. The van der Waals surface area contributed by atoms with Crippen LogP contribution in [-0.2, 0) is 11.3 Å². The molecule has 0 radical (unpaired) electrons. The molecule has 5 nitrogen and oxygen atoms in total. The average molecular weight is 304 g/mol. The Morgan fingerprint density at radius 1 is 1.45 bits per heavy atom. The van der Waals surface area contributed by atoms with Gasteiger partial charge >= 0.3 is 0 Å². The van der Waals surface area contributed by atoms with Crippen LogP contribution < -0.4 is 20.1 Å². The van der Waals surface area contributed by atoms with E-state index in [9.17, 15) is 4.79 Å². The van der Waals surface area contributed by atoms with Crippen LogP contribution in [0.3, 0.4) is 0 Å². The third-order valence-corrected chi connectivity index (χ3v) is 4.60. The second kappa shape index (κ2) is 7.01. The number of rotatable bonds is 5. The molecule has 2 heterocycles. The van der Waals surface area contributed by atoms with E-state index in [0.717, 1.165) is 30.2 Å². The van der Waals surface area contributed by atoms with Gasteiger partial charge in [0.05, 0.1) is 0 Å². The van der Waals surface area contributed by atoms with Crippen LogP contribution in [-0.4, -0.2) is 25.8 Å². The van der Waals surface area contributed by atoms with Crippen molar-refractivity contribution < 1.29 is 14.3 Å². The number of benzene rings is 1.